The van der Waals surface area contributed by atoms with Gasteiger partial charge in [0.15, 0.2) is 5.96 Å². The first kappa shape index (κ1) is 21.4. The molecule has 0 aromatic heterocycles. The van der Waals surface area contributed by atoms with Crippen molar-refractivity contribution in [1.82, 2.24) is 0 Å². The van der Waals surface area contributed by atoms with Crippen molar-refractivity contribution in [2.24, 2.45) is 10.7 Å². The zero-order chi connectivity index (χ0) is 17.5. The molecule has 25 heavy (non-hydrogen) atoms. The van der Waals surface area contributed by atoms with E-state index in [1.54, 1.807) is 6.92 Å². The van der Waals surface area contributed by atoms with Gasteiger partial charge in [0.2, 0.25) is 0 Å². The highest BCUT2D eigenvalue weighted by Gasteiger charge is 2.14. The van der Waals surface area contributed by atoms with E-state index in [1.807, 2.05) is 30.3 Å². The maximum atomic E-state index is 9.75. The monoisotopic (exact) mass is 453 g/mol. The molecule has 0 spiro atoms. The van der Waals surface area contributed by atoms with Crippen LogP contribution in [0.2, 0.25) is 0 Å². The standard InChI is InChI=1S/C20H27N3O.HI/c1-14-9-15(2)11-19(10-14)23-20(21)22-13-18(12-16(3)24)17-7-5-4-6-8-17;/h4-11,16,18,24H,12-13H2,1-3H3,(H3,21,22,23);1H. The highest BCUT2D eigenvalue weighted by molar-refractivity contribution is 14.0. The van der Waals surface area contributed by atoms with Crippen LogP contribution in [0.5, 0.6) is 0 Å². The van der Waals surface area contributed by atoms with Crippen LogP contribution in [0.4, 0.5) is 5.69 Å². The van der Waals surface area contributed by atoms with Crippen LogP contribution in [0.15, 0.2) is 53.5 Å². The van der Waals surface area contributed by atoms with Crippen molar-refractivity contribution in [3.63, 3.8) is 0 Å². The molecule has 2 aromatic rings. The maximum Gasteiger partial charge on any atom is 0.193 e. The number of aryl methyl sites for hydroxylation is 2. The first-order valence-corrected chi connectivity index (χ1v) is 8.32. The number of aliphatic hydroxyl groups excluding tert-OH is 1. The molecule has 2 unspecified atom stereocenters. The summed E-state index contributed by atoms with van der Waals surface area (Å²) >= 11 is 0. The number of rotatable bonds is 6. The van der Waals surface area contributed by atoms with E-state index in [9.17, 15) is 5.11 Å². The zero-order valence-corrected chi connectivity index (χ0v) is 17.4. The Hall–Kier alpha value is -1.60. The first-order valence-electron chi connectivity index (χ1n) is 8.32. The second-order valence-corrected chi connectivity index (χ2v) is 6.42. The van der Waals surface area contributed by atoms with E-state index in [2.05, 4.69) is 42.4 Å². The Labute approximate surface area is 167 Å². The van der Waals surface area contributed by atoms with E-state index < -0.39 is 0 Å². The Kier molecular flexibility index (Phi) is 8.92. The number of nitrogens with one attached hydrogen (secondary N) is 1. The van der Waals surface area contributed by atoms with Gasteiger partial charge in [0.25, 0.3) is 0 Å². The topological polar surface area (TPSA) is 70.6 Å². The molecular weight excluding hydrogens is 425 g/mol. The number of halogens is 1. The van der Waals surface area contributed by atoms with Gasteiger partial charge >= 0.3 is 0 Å². The Morgan fingerprint density at radius 2 is 1.72 bits per heavy atom. The molecule has 0 amide bonds. The molecule has 0 heterocycles. The third-order valence-corrected chi connectivity index (χ3v) is 3.87. The number of aliphatic hydroxyl groups is 1. The normalized spacial score (nSPS) is 13.7. The van der Waals surface area contributed by atoms with Crippen molar-refractivity contribution in [3.05, 3.63) is 65.2 Å². The Morgan fingerprint density at radius 3 is 2.28 bits per heavy atom. The fourth-order valence-electron chi connectivity index (χ4n) is 2.90. The molecule has 0 aliphatic heterocycles. The van der Waals surface area contributed by atoms with Gasteiger partial charge in [0.1, 0.15) is 0 Å². The Morgan fingerprint density at radius 1 is 1.12 bits per heavy atom. The smallest absolute Gasteiger partial charge is 0.193 e. The summed E-state index contributed by atoms with van der Waals surface area (Å²) in [6, 6.07) is 16.3. The maximum absolute atomic E-state index is 9.75. The van der Waals surface area contributed by atoms with Crippen molar-refractivity contribution in [3.8, 4) is 0 Å². The summed E-state index contributed by atoms with van der Waals surface area (Å²) in [5, 5.41) is 12.9. The molecule has 0 radical (unpaired) electrons. The summed E-state index contributed by atoms with van der Waals surface area (Å²) in [6.45, 7) is 6.45. The molecule has 0 saturated heterocycles. The fourth-order valence-corrected chi connectivity index (χ4v) is 2.90. The molecule has 136 valence electrons. The molecule has 0 aliphatic carbocycles. The van der Waals surface area contributed by atoms with Crippen molar-refractivity contribution in [2.45, 2.75) is 39.2 Å². The van der Waals surface area contributed by atoms with E-state index in [0.717, 1.165) is 5.69 Å². The van der Waals surface area contributed by atoms with Gasteiger partial charge < -0.3 is 16.2 Å². The highest BCUT2D eigenvalue weighted by atomic mass is 127. The largest absolute Gasteiger partial charge is 0.393 e. The van der Waals surface area contributed by atoms with E-state index in [4.69, 9.17) is 5.73 Å². The second-order valence-electron chi connectivity index (χ2n) is 6.42. The number of aliphatic imine (C=N–C) groups is 1. The van der Waals surface area contributed by atoms with Crippen LogP contribution in [0.3, 0.4) is 0 Å². The number of anilines is 1. The van der Waals surface area contributed by atoms with Crippen LogP contribution in [0, 0.1) is 13.8 Å². The van der Waals surface area contributed by atoms with Gasteiger partial charge in [-0.25, -0.2) is 0 Å². The molecular formula is C20H28IN3O. The first-order chi connectivity index (χ1) is 11.4. The quantitative estimate of drug-likeness (QED) is 0.349. The van der Waals surface area contributed by atoms with Crippen LogP contribution in [0.25, 0.3) is 0 Å². The average molecular weight is 453 g/mol. The number of hydrogen-bond acceptors (Lipinski definition) is 2. The molecule has 0 bridgehead atoms. The molecule has 2 aromatic carbocycles. The highest BCUT2D eigenvalue weighted by Crippen LogP contribution is 2.22. The summed E-state index contributed by atoms with van der Waals surface area (Å²) in [4.78, 5) is 4.48. The van der Waals surface area contributed by atoms with Gasteiger partial charge in [-0.2, -0.15) is 0 Å². The number of nitrogens with two attached hydrogens (primary N) is 1. The molecule has 0 aliphatic rings. The van der Waals surface area contributed by atoms with Gasteiger partial charge in [0, 0.05) is 18.2 Å². The van der Waals surface area contributed by atoms with E-state index in [0.29, 0.717) is 18.9 Å². The number of benzene rings is 2. The van der Waals surface area contributed by atoms with Crippen molar-refractivity contribution in [1.29, 1.82) is 0 Å². The Balaban J connectivity index is 0.00000312. The van der Waals surface area contributed by atoms with Gasteiger partial charge in [-0.15, -0.1) is 24.0 Å². The summed E-state index contributed by atoms with van der Waals surface area (Å²) in [7, 11) is 0. The third kappa shape index (κ3) is 7.44. The van der Waals surface area contributed by atoms with Gasteiger partial charge in [-0.05, 0) is 56.0 Å². The van der Waals surface area contributed by atoms with Crippen LogP contribution < -0.4 is 11.1 Å². The second kappa shape index (κ2) is 10.4. The van der Waals surface area contributed by atoms with Gasteiger partial charge in [0.05, 0.1) is 6.10 Å². The number of hydrogen-bond donors (Lipinski definition) is 3. The molecule has 4 N–H and O–H groups in total. The van der Waals surface area contributed by atoms with Crippen molar-refractivity contribution < 1.29 is 5.11 Å². The lowest BCUT2D eigenvalue weighted by atomic mass is 9.93. The average Bonchev–Trinajstić information content (AvgIpc) is 2.51. The predicted octanol–water partition coefficient (Wildman–Crippen LogP) is 4.20. The molecule has 2 atom stereocenters. The van der Waals surface area contributed by atoms with Gasteiger partial charge in [-0.3, -0.25) is 4.99 Å². The minimum Gasteiger partial charge on any atom is -0.393 e. The van der Waals surface area contributed by atoms with Gasteiger partial charge in [-0.1, -0.05) is 36.4 Å². The van der Waals surface area contributed by atoms with Crippen LogP contribution in [0.1, 0.15) is 36.0 Å². The number of nitrogens with zero attached hydrogens (tertiary/aromatic N) is 1. The number of guanidine groups is 1. The SMILES string of the molecule is Cc1cc(C)cc(NC(N)=NCC(CC(C)O)c2ccccc2)c1.I. The minimum atomic E-state index is -0.376. The van der Waals surface area contributed by atoms with Crippen LogP contribution in [-0.4, -0.2) is 23.7 Å². The zero-order valence-electron chi connectivity index (χ0n) is 15.1. The van der Waals surface area contributed by atoms with E-state index in [1.165, 1.54) is 16.7 Å². The fraction of sp³-hybridized carbons (Fsp3) is 0.350. The van der Waals surface area contributed by atoms with Crippen molar-refractivity contribution >= 4 is 35.6 Å². The summed E-state index contributed by atoms with van der Waals surface area (Å²) in [5.74, 6) is 0.539. The van der Waals surface area contributed by atoms with Crippen LogP contribution >= 0.6 is 24.0 Å². The summed E-state index contributed by atoms with van der Waals surface area (Å²) in [5.41, 5.74) is 10.5. The van der Waals surface area contributed by atoms with Crippen LogP contribution in [-0.2, 0) is 0 Å². The molecule has 5 heteroatoms. The lowest BCUT2D eigenvalue weighted by Crippen LogP contribution is -2.24. The van der Waals surface area contributed by atoms with E-state index >= 15 is 0 Å². The third-order valence-electron chi connectivity index (χ3n) is 3.87. The molecule has 0 fully saturated rings. The summed E-state index contributed by atoms with van der Waals surface area (Å²) < 4.78 is 0. The minimum absolute atomic E-state index is 0. The van der Waals surface area contributed by atoms with E-state index in [-0.39, 0.29) is 36.0 Å². The van der Waals surface area contributed by atoms with Crippen molar-refractivity contribution in [2.75, 3.05) is 11.9 Å². The molecule has 4 nitrogen and oxygen atoms in total. The predicted molar refractivity (Wildman–Crippen MR) is 117 cm³/mol. The summed E-state index contributed by atoms with van der Waals surface area (Å²) in [6.07, 6.45) is 0.281. The molecule has 2 rings (SSSR count). The molecule has 0 saturated carbocycles. The lowest BCUT2D eigenvalue weighted by Gasteiger charge is -2.17. The Bertz CT molecular complexity index is 666. The lowest BCUT2D eigenvalue weighted by molar-refractivity contribution is 0.175.